The molecule has 5 N–H and O–H groups in total. The number of aromatic carboxylic acids is 1. The number of piperazine rings is 1. The quantitative estimate of drug-likeness (QED) is 0.368. The number of halogens is 1. The second-order valence-electron chi connectivity index (χ2n) is 8.24. The van der Waals surface area contributed by atoms with Crippen molar-refractivity contribution in [2.75, 3.05) is 48.7 Å². The third-order valence-electron chi connectivity index (χ3n) is 6.05. The van der Waals surface area contributed by atoms with E-state index in [-0.39, 0.29) is 16.3 Å². The lowest BCUT2D eigenvalue weighted by Crippen LogP contribution is -2.49. The van der Waals surface area contributed by atoms with Crippen molar-refractivity contribution >= 4 is 55.8 Å². The number of thioether (sulfide) groups is 1. The molecule has 34 heavy (non-hydrogen) atoms. The molecule has 10 nitrogen and oxygen atoms in total. The normalized spacial score (nSPS) is 19.0. The van der Waals surface area contributed by atoms with E-state index in [2.05, 4.69) is 15.2 Å². The summed E-state index contributed by atoms with van der Waals surface area (Å²) in [5.74, 6) is -1.86. The van der Waals surface area contributed by atoms with Crippen LogP contribution in [-0.4, -0.2) is 69.6 Å². The molecule has 2 atom stereocenters. The van der Waals surface area contributed by atoms with Crippen LogP contribution in [0.4, 0.5) is 20.2 Å². The monoisotopic (exact) mass is 506 g/mol. The maximum Gasteiger partial charge on any atom is 0.342 e. The van der Waals surface area contributed by atoms with Crippen LogP contribution in [0.1, 0.15) is 22.7 Å². The van der Waals surface area contributed by atoms with E-state index in [0.29, 0.717) is 59.1 Å². The number of β-amino-alcohol motifs (C(OH)–C–C–N with tert-alkyl or cyclic N) is 1. The van der Waals surface area contributed by atoms with Crippen molar-refractivity contribution in [3.05, 3.63) is 39.9 Å². The van der Waals surface area contributed by atoms with Gasteiger partial charge in [-0.15, -0.1) is 0 Å². The zero-order valence-electron chi connectivity index (χ0n) is 18.2. The van der Waals surface area contributed by atoms with Crippen LogP contribution in [-0.2, 0) is 0 Å². The molecule has 13 heteroatoms. The number of carboxylic acids is 1. The zero-order valence-corrected chi connectivity index (χ0v) is 19.8. The van der Waals surface area contributed by atoms with E-state index in [4.69, 9.17) is 5.73 Å². The summed E-state index contributed by atoms with van der Waals surface area (Å²) in [5.41, 5.74) is 5.61. The number of hydrogen-bond donors (Lipinski definition) is 4. The fourth-order valence-corrected chi connectivity index (χ4v) is 6.21. The van der Waals surface area contributed by atoms with E-state index < -0.39 is 23.4 Å². The van der Waals surface area contributed by atoms with E-state index in [9.17, 15) is 19.8 Å². The molecule has 0 spiro atoms. The molecule has 0 saturated carbocycles. The number of aliphatic hydroxyl groups excluding tert-OH is 1. The minimum atomic E-state index is -1.30. The maximum atomic E-state index is 15.1. The Bertz CT molecular complexity index is 1340. The highest BCUT2D eigenvalue weighted by atomic mass is 32.2. The van der Waals surface area contributed by atoms with Crippen molar-refractivity contribution in [1.82, 2.24) is 14.5 Å². The molecule has 1 saturated heterocycles. The number of nitrogen functional groups attached to an aromatic ring is 1. The van der Waals surface area contributed by atoms with Crippen molar-refractivity contribution < 1.29 is 19.4 Å². The summed E-state index contributed by atoms with van der Waals surface area (Å²) >= 11 is 2.58. The Morgan fingerprint density at radius 2 is 2.09 bits per heavy atom. The lowest BCUT2D eigenvalue weighted by molar-refractivity contribution is 0.0689. The summed E-state index contributed by atoms with van der Waals surface area (Å²) in [6.07, 6.45) is 0.711. The number of carbonyl (C=O) groups is 1. The Balaban J connectivity index is 1.33. The van der Waals surface area contributed by atoms with Gasteiger partial charge >= 0.3 is 5.97 Å². The number of aromatic nitrogens is 2. The average Bonchev–Trinajstić information content (AvgIpc) is 3.18. The number of fused-ring (bicyclic) bond motifs is 3. The molecule has 0 bridgehead atoms. The summed E-state index contributed by atoms with van der Waals surface area (Å²) < 4.78 is 16.9. The largest absolute Gasteiger partial charge is 0.477 e. The number of hydrogen-bond acceptors (Lipinski definition) is 10. The fourth-order valence-electron chi connectivity index (χ4n) is 4.42. The van der Waals surface area contributed by atoms with Crippen LogP contribution in [0.2, 0.25) is 0 Å². The Hall–Kier alpha value is -2.87. The van der Waals surface area contributed by atoms with Gasteiger partial charge in [0.2, 0.25) is 5.43 Å². The topological polar surface area (TPSA) is 137 Å². The summed E-state index contributed by atoms with van der Waals surface area (Å²) in [6.45, 7) is 4.58. The third-order valence-corrected chi connectivity index (χ3v) is 7.98. The molecule has 2 aromatic heterocycles. The number of nitrogens with zero attached hydrogens (tertiary/aromatic N) is 4. The summed E-state index contributed by atoms with van der Waals surface area (Å²) in [5, 5.41) is 24.2. The number of carboxylic acid groups (broad SMARTS) is 1. The second-order valence-corrected chi connectivity index (χ2v) is 10.6. The number of anilines is 3. The van der Waals surface area contributed by atoms with E-state index in [1.54, 1.807) is 10.6 Å². The molecule has 4 heterocycles. The Morgan fingerprint density at radius 1 is 1.35 bits per heavy atom. The standard InChI is InChI=1S/C21H23FN6O4S2/c1-10-28-13-7-14(12(22)6-11(13)18(30)17(20(31)32)19(28)33-10)27-4-2-26(3-5-27)9-16(29)25-21-24-8-15(23)34-21/h6-8,10,16,29H,2-5,9,23H2,1H3,(H,24,25)(H,31,32). The minimum Gasteiger partial charge on any atom is -0.477 e. The molecule has 0 amide bonds. The predicted octanol–water partition coefficient (Wildman–Crippen LogP) is 2.05. The SMILES string of the molecule is CC1Sc2c(C(=O)O)c(=O)c3cc(F)c(N4CCN(CC(O)Nc5ncc(N)s5)CC4)cc3n21. The molecule has 0 aliphatic carbocycles. The Kier molecular flexibility index (Phi) is 5.88. The van der Waals surface area contributed by atoms with E-state index in [1.165, 1.54) is 29.3 Å². The molecule has 5 rings (SSSR count). The van der Waals surface area contributed by atoms with E-state index in [1.807, 2.05) is 11.8 Å². The van der Waals surface area contributed by atoms with Gasteiger partial charge < -0.3 is 30.7 Å². The summed E-state index contributed by atoms with van der Waals surface area (Å²) in [4.78, 5) is 32.4. The lowest BCUT2D eigenvalue weighted by Gasteiger charge is -2.37. The van der Waals surface area contributed by atoms with Gasteiger partial charge in [0.25, 0.3) is 0 Å². The number of pyridine rings is 1. The van der Waals surface area contributed by atoms with Crippen LogP contribution in [0, 0.1) is 5.82 Å². The van der Waals surface area contributed by atoms with Gasteiger partial charge in [0.15, 0.2) is 5.13 Å². The summed E-state index contributed by atoms with van der Waals surface area (Å²) in [7, 11) is 0. The highest BCUT2D eigenvalue weighted by Crippen LogP contribution is 2.46. The van der Waals surface area contributed by atoms with Gasteiger partial charge in [-0.05, 0) is 19.1 Å². The first-order valence-corrected chi connectivity index (χ1v) is 12.4. The number of benzene rings is 1. The smallest absolute Gasteiger partial charge is 0.342 e. The minimum absolute atomic E-state index is 0.0477. The van der Waals surface area contributed by atoms with Crippen LogP contribution >= 0.6 is 23.1 Å². The van der Waals surface area contributed by atoms with Crippen LogP contribution in [0.25, 0.3) is 10.9 Å². The fraction of sp³-hybridized carbons (Fsp3) is 0.381. The van der Waals surface area contributed by atoms with Gasteiger partial charge in [-0.3, -0.25) is 9.69 Å². The van der Waals surface area contributed by atoms with Crippen molar-refractivity contribution in [3.8, 4) is 0 Å². The van der Waals surface area contributed by atoms with Gasteiger partial charge in [-0.1, -0.05) is 23.1 Å². The molecule has 1 aromatic carbocycles. The third kappa shape index (κ3) is 3.98. The maximum absolute atomic E-state index is 15.1. The molecule has 2 unspecified atom stereocenters. The van der Waals surface area contributed by atoms with Crippen molar-refractivity contribution in [2.24, 2.45) is 0 Å². The molecule has 1 fully saturated rings. The second kappa shape index (κ2) is 8.73. The molecule has 0 radical (unpaired) electrons. The first-order valence-electron chi connectivity index (χ1n) is 10.7. The van der Waals surface area contributed by atoms with Gasteiger partial charge in [-0.25, -0.2) is 14.2 Å². The van der Waals surface area contributed by atoms with Crippen LogP contribution < -0.4 is 21.4 Å². The van der Waals surface area contributed by atoms with Gasteiger partial charge in [0, 0.05) is 38.1 Å². The average molecular weight is 507 g/mol. The van der Waals surface area contributed by atoms with E-state index in [0.717, 1.165) is 6.07 Å². The van der Waals surface area contributed by atoms with Crippen molar-refractivity contribution in [3.63, 3.8) is 0 Å². The van der Waals surface area contributed by atoms with Crippen molar-refractivity contribution in [2.45, 2.75) is 23.6 Å². The number of thiazole rings is 1. The molecule has 3 aromatic rings. The molecule has 2 aliphatic heterocycles. The van der Waals surface area contributed by atoms with Gasteiger partial charge in [-0.2, -0.15) is 0 Å². The number of rotatable bonds is 6. The highest BCUT2D eigenvalue weighted by molar-refractivity contribution is 8.00. The zero-order chi connectivity index (χ0) is 24.1. The summed E-state index contributed by atoms with van der Waals surface area (Å²) in [6, 6.07) is 2.80. The molecular formula is C21H23FN6O4S2. The predicted molar refractivity (Wildman–Crippen MR) is 131 cm³/mol. The van der Waals surface area contributed by atoms with Crippen molar-refractivity contribution in [1.29, 1.82) is 0 Å². The highest BCUT2D eigenvalue weighted by Gasteiger charge is 2.33. The first-order chi connectivity index (χ1) is 16.2. The number of nitrogens with one attached hydrogen (secondary N) is 1. The van der Waals surface area contributed by atoms with Crippen LogP contribution in [0.5, 0.6) is 0 Å². The molecule has 2 aliphatic rings. The molecular weight excluding hydrogens is 483 g/mol. The Labute approximate surface area is 201 Å². The number of aliphatic hydroxyl groups is 1. The van der Waals surface area contributed by atoms with Gasteiger partial charge in [0.05, 0.1) is 27.8 Å². The molecule has 180 valence electrons. The van der Waals surface area contributed by atoms with E-state index >= 15 is 4.39 Å². The first kappa shape index (κ1) is 22.9. The Morgan fingerprint density at radius 3 is 2.71 bits per heavy atom. The number of nitrogens with two attached hydrogens (primary N) is 1. The van der Waals surface area contributed by atoms with Crippen LogP contribution in [0.15, 0.2) is 28.2 Å². The van der Waals surface area contributed by atoms with Crippen LogP contribution in [0.3, 0.4) is 0 Å². The van der Waals surface area contributed by atoms with Gasteiger partial charge in [0.1, 0.15) is 22.6 Å². The lowest BCUT2D eigenvalue weighted by atomic mass is 10.1.